The average molecular weight is 479 g/mol. The number of aliphatic carboxylic acids is 1. The number of nitrogens with one attached hydrogen (secondary N) is 2. The number of nitrogens with two attached hydrogens (primary N) is 1. The molecule has 2 rings (SSSR count). The lowest BCUT2D eigenvalue weighted by atomic mass is 10.0. The number of hydrogen-bond acceptors (Lipinski definition) is 6. The van der Waals surface area contributed by atoms with Gasteiger partial charge >= 0.3 is 5.97 Å². The Kier molecular flexibility index (Phi) is 10.2. The van der Waals surface area contributed by atoms with Gasteiger partial charge in [0.1, 0.15) is 18.1 Å². The third kappa shape index (κ3) is 7.75. The summed E-state index contributed by atoms with van der Waals surface area (Å²) < 4.78 is 0. The van der Waals surface area contributed by atoms with E-state index in [1.54, 1.807) is 0 Å². The van der Waals surface area contributed by atoms with E-state index in [4.69, 9.17) is 5.73 Å². The van der Waals surface area contributed by atoms with E-state index in [9.17, 15) is 24.3 Å². The van der Waals surface area contributed by atoms with Crippen LogP contribution < -0.4 is 16.4 Å². The average Bonchev–Trinajstić information content (AvgIpc) is 3.27. The largest absolute Gasteiger partial charge is 0.480 e. The standard InChI is InChI=1S/C23H34N4O5S/c1-14(2)11-16(24)20(28)25-17(12-15-7-4-3-5-8-15)21(29)26-18(13-33)22(30)27-10-6-9-19(27)23(31)32/h3-5,7-8,14,16-19,33H,6,9-13,24H2,1-2H3,(H,25,28)(H,26,29)(H,31,32). The molecule has 0 bridgehead atoms. The second kappa shape index (κ2) is 12.6. The fourth-order valence-corrected chi connectivity index (χ4v) is 4.15. The first-order valence-electron chi connectivity index (χ1n) is 11.2. The molecule has 1 aliphatic rings. The maximum atomic E-state index is 13.1. The first kappa shape index (κ1) is 26.7. The van der Waals surface area contributed by atoms with Gasteiger partial charge < -0.3 is 26.4 Å². The molecule has 4 unspecified atom stereocenters. The molecule has 1 heterocycles. The number of nitrogens with zero attached hydrogens (tertiary/aromatic N) is 1. The number of rotatable bonds is 11. The smallest absolute Gasteiger partial charge is 0.326 e. The number of likely N-dealkylation sites (tertiary alicyclic amines) is 1. The van der Waals surface area contributed by atoms with Crippen LogP contribution in [0.2, 0.25) is 0 Å². The SMILES string of the molecule is CC(C)CC(N)C(=O)NC(Cc1ccccc1)C(=O)NC(CS)C(=O)N1CCCC1C(=O)O. The lowest BCUT2D eigenvalue weighted by molar-refractivity contribution is -0.149. The van der Waals surface area contributed by atoms with Crippen molar-refractivity contribution in [2.75, 3.05) is 12.3 Å². The van der Waals surface area contributed by atoms with Gasteiger partial charge in [-0.15, -0.1) is 0 Å². The highest BCUT2D eigenvalue weighted by molar-refractivity contribution is 7.80. The summed E-state index contributed by atoms with van der Waals surface area (Å²) in [5.41, 5.74) is 6.82. The van der Waals surface area contributed by atoms with E-state index in [1.165, 1.54) is 4.90 Å². The van der Waals surface area contributed by atoms with E-state index in [0.29, 0.717) is 25.8 Å². The van der Waals surface area contributed by atoms with Crippen LogP contribution in [0.1, 0.15) is 38.7 Å². The minimum absolute atomic E-state index is 0.00766. The molecule has 1 aromatic rings. The van der Waals surface area contributed by atoms with E-state index in [-0.39, 0.29) is 18.1 Å². The Morgan fingerprint density at radius 3 is 2.33 bits per heavy atom. The predicted molar refractivity (Wildman–Crippen MR) is 128 cm³/mol. The fourth-order valence-electron chi connectivity index (χ4n) is 3.90. The van der Waals surface area contributed by atoms with Crippen molar-refractivity contribution in [3.8, 4) is 0 Å². The Bertz CT molecular complexity index is 835. The van der Waals surface area contributed by atoms with Gasteiger partial charge in [0, 0.05) is 18.7 Å². The molecular formula is C23H34N4O5S. The number of carboxylic acid groups (broad SMARTS) is 1. The van der Waals surface area contributed by atoms with Crippen molar-refractivity contribution in [1.82, 2.24) is 15.5 Å². The van der Waals surface area contributed by atoms with E-state index < -0.39 is 47.9 Å². The summed E-state index contributed by atoms with van der Waals surface area (Å²) in [5.74, 6) is -2.36. The van der Waals surface area contributed by atoms with Crippen molar-refractivity contribution in [2.45, 2.75) is 63.7 Å². The van der Waals surface area contributed by atoms with Crippen molar-refractivity contribution in [3.63, 3.8) is 0 Å². The molecule has 10 heteroatoms. The van der Waals surface area contributed by atoms with Crippen LogP contribution in [0, 0.1) is 5.92 Å². The monoisotopic (exact) mass is 478 g/mol. The minimum atomic E-state index is -1.07. The second-order valence-electron chi connectivity index (χ2n) is 8.76. The van der Waals surface area contributed by atoms with Gasteiger partial charge in [-0.05, 0) is 30.7 Å². The van der Waals surface area contributed by atoms with Gasteiger partial charge in [0.15, 0.2) is 0 Å². The zero-order chi connectivity index (χ0) is 24.5. The number of amides is 3. The highest BCUT2D eigenvalue weighted by atomic mass is 32.1. The van der Waals surface area contributed by atoms with Crippen LogP contribution in [-0.2, 0) is 25.6 Å². The fraction of sp³-hybridized carbons (Fsp3) is 0.565. The van der Waals surface area contributed by atoms with E-state index >= 15 is 0 Å². The summed E-state index contributed by atoms with van der Waals surface area (Å²) in [7, 11) is 0. The third-order valence-corrected chi connectivity index (χ3v) is 5.96. The van der Waals surface area contributed by atoms with E-state index in [2.05, 4.69) is 23.3 Å². The minimum Gasteiger partial charge on any atom is -0.480 e. The quantitative estimate of drug-likeness (QED) is 0.295. The summed E-state index contributed by atoms with van der Waals surface area (Å²) in [5, 5.41) is 14.7. The van der Waals surface area contributed by atoms with Crippen LogP contribution in [0.15, 0.2) is 30.3 Å². The number of hydrogen-bond donors (Lipinski definition) is 5. The Hall–Kier alpha value is -2.59. The molecule has 3 amide bonds. The number of carboxylic acids is 1. The summed E-state index contributed by atoms with van der Waals surface area (Å²) in [6, 6.07) is 5.53. The third-order valence-electron chi connectivity index (χ3n) is 5.60. The molecule has 4 atom stereocenters. The molecule has 182 valence electrons. The summed E-state index contributed by atoms with van der Waals surface area (Å²) in [6.07, 6.45) is 1.63. The molecule has 9 nitrogen and oxygen atoms in total. The Balaban J connectivity index is 2.15. The zero-order valence-corrected chi connectivity index (χ0v) is 20.0. The second-order valence-corrected chi connectivity index (χ2v) is 9.12. The van der Waals surface area contributed by atoms with E-state index in [1.807, 2.05) is 44.2 Å². The maximum Gasteiger partial charge on any atom is 0.326 e. The number of carbonyl (C=O) groups is 4. The lowest BCUT2D eigenvalue weighted by Gasteiger charge is -2.28. The first-order chi connectivity index (χ1) is 15.6. The molecule has 0 spiro atoms. The van der Waals surface area contributed by atoms with Crippen LogP contribution >= 0.6 is 12.6 Å². The molecule has 1 aromatic carbocycles. The van der Waals surface area contributed by atoms with Crippen molar-refractivity contribution >= 4 is 36.3 Å². The Labute approximate surface area is 199 Å². The van der Waals surface area contributed by atoms with Crippen molar-refractivity contribution < 1.29 is 24.3 Å². The normalized spacial score (nSPS) is 18.5. The van der Waals surface area contributed by atoms with Crippen LogP contribution in [0.5, 0.6) is 0 Å². The van der Waals surface area contributed by atoms with E-state index in [0.717, 1.165) is 5.56 Å². The van der Waals surface area contributed by atoms with Crippen LogP contribution in [0.4, 0.5) is 0 Å². The predicted octanol–water partition coefficient (Wildman–Crippen LogP) is 0.578. The molecule has 0 radical (unpaired) electrons. The Morgan fingerprint density at radius 1 is 1.12 bits per heavy atom. The molecule has 1 aliphatic heterocycles. The zero-order valence-electron chi connectivity index (χ0n) is 19.1. The van der Waals surface area contributed by atoms with Gasteiger partial charge in [0.05, 0.1) is 6.04 Å². The van der Waals surface area contributed by atoms with Crippen molar-refractivity contribution in [1.29, 1.82) is 0 Å². The van der Waals surface area contributed by atoms with Crippen LogP contribution in [0.25, 0.3) is 0 Å². The molecule has 1 saturated heterocycles. The number of thiol groups is 1. The van der Waals surface area contributed by atoms with Crippen LogP contribution in [-0.4, -0.2) is 70.2 Å². The molecule has 1 fully saturated rings. The topological polar surface area (TPSA) is 142 Å². The molecule has 0 aliphatic carbocycles. The summed E-state index contributed by atoms with van der Waals surface area (Å²) in [6.45, 7) is 4.21. The molecule has 0 aromatic heterocycles. The molecule has 0 saturated carbocycles. The van der Waals surface area contributed by atoms with Gasteiger partial charge in [-0.25, -0.2) is 4.79 Å². The van der Waals surface area contributed by atoms with Crippen molar-refractivity contribution in [3.05, 3.63) is 35.9 Å². The maximum absolute atomic E-state index is 13.1. The Morgan fingerprint density at radius 2 is 1.76 bits per heavy atom. The lowest BCUT2D eigenvalue weighted by Crippen LogP contribution is -2.58. The number of carbonyl (C=O) groups excluding carboxylic acids is 3. The summed E-state index contributed by atoms with van der Waals surface area (Å²) >= 11 is 4.19. The van der Waals surface area contributed by atoms with Gasteiger partial charge in [-0.1, -0.05) is 44.2 Å². The van der Waals surface area contributed by atoms with Crippen LogP contribution in [0.3, 0.4) is 0 Å². The summed E-state index contributed by atoms with van der Waals surface area (Å²) in [4.78, 5) is 51.5. The molecule has 5 N–H and O–H groups in total. The first-order valence-corrected chi connectivity index (χ1v) is 11.8. The highest BCUT2D eigenvalue weighted by Crippen LogP contribution is 2.19. The highest BCUT2D eigenvalue weighted by Gasteiger charge is 2.38. The number of benzene rings is 1. The van der Waals surface area contributed by atoms with Gasteiger partial charge in [-0.2, -0.15) is 12.6 Å². The van der Waals surface area contributed by atoms with Gasteiger partial charge in [-0.3, -0.25) is 14.4 Å². The molecular weight excluding hydrogens is 444 g/mol. The van der Waals surface area contributed by atoms with Gasteiger partial charge in [0.25, 0.3) is 0 Å². The molecule has 33 heavy (non-hydrogen) atoms. The van der Waals surface area contributed by atoms with Gasteiger partial charge in [0.2, 0.25) is 17.7 Å². The van der Waals surface area contributed by atoms with Crippen molar-refractivity contribution in [2.24, 2.45) is 11.7 Å².